The molecule has 0 aromatic heterocycles. The average Bonchev–Trinajstić information content (AvgIpc) is 3.10. The third-order valence-electron chi connectivity index (χ3n) is 5.07. The number of nitrogens with one attached hydrogen (secondary N) is 1. The molecule has 1 saturated heterocycles. The fraction of sp³-hybridized carbons (Fsp3) is 0.750. The van der Waals surface area contributed by atoms with E-state index in [-0.39, 0.29) is 29.8 Å². The van der Waals surface area contributed by atoms with Gasteiger partial charge in [-0.3, -0.25) is 9.59 Å². The van der Waals surface area contributed by atoms with Gasteiger partial charge >= 0.3 is 0 Å². The highest BCUT2D eigenvalue weighted by Gasteiger charge is 2.31. The minimum Gasteiger partial charge on any atom is -0.348 e. The predicted octanol–water partition coefficient (Wildman–Crippen LogP) is 0.442. The van der Waals surface area contributed by atoms with Gasteiger partial charge in [-0.1, -0.05) is 0 Å². The second-order valence-corrected chi connectivity index (χ2v) is 6.73. The van der Waals surface area contributed by atoms with Crippen molar-refractivity contribution in [1.29, 1.82) is 0 Å². The first-order valence-electron chi connectivity index (χ1n) is 8.57. The van der Waals surface area contributed by atoms with Crippen LogP contribution >= 0.6 is 0 Å². The molecule has 7 nitrogen and oxygen atoms in total. The van der Waals surface area contributed by atoms with Crippen molar-refractivity contribution < 1.29 is 9.59 Å². The lowest BCUT2D eigenvalue weighted by molar-refractivity contribution is -0.137. The first-order chi connectivity index (χ1) is 11.1. The fourth-order valence-electron chi connectivity index (χ4n) is 3.55. The molecule has 2 amide bonds. The zero-order valence-electron chi connectivity index (χ0n) is 13.4. The van der Waals surface area contributed by atoms with Crippen LogP contribution in [0, 0.1) is 5.92 Å². The third kappa shape index (κ3) is 3.96. The van der Waals surface area contributed by atoms with E-state index >= 15 is 0 Å². The maximum Gasteiger partial charge on any atom is 0.268 e. The van der Waals surface area contributed by atoms with Crippen molar-refractivity contribution in [2.24, 2.45) is 21.9 Å². The summed E-state index contributed by atoms with van der Waals surface area (Å²) in [5.74, 6) is 0.287. The molecule has 0 spiro atoms. The number of nitrogens with two attached hydrogens (primary N) is 1. The summed E-state index contributed by atoms with van der Waals surface area (Å²) in [4.78, 5) is 26.5. The Balaban J connectivity index is 1.43. The largest absolute Gasteiger partial charge is 0.348 e. The molecule has 0 aromatic rings. The SMILES string of the molecule is NC1CCC(C(=O)N2CCC(NC(=O)C3=NN=CC3)CC2)CC1. The molecule has 3 rings (SSSR count). The monoisotopic (exact) mass is 319 g/mol. The summed E-state index contributed by atoms with van der Waals surface area (Å²) >= 11 is 0. The molecule has 0 radical (unpaired) electrons. The zero-order valence-corrected chi connectivity index (χ0v) is 13.4. The maximum atomic E-state index is 12.6. The Morgan fingerprint density at radius 3 is 2.43 bits per heavy atom. The van der Waals surface area contributed by atoms with Gasteiger partial charge in [0.2, 0.25) is 5.91 Å². The second-order valence-electron chi connectivity index (χ2n) is 6.73. The van der Waals surface area contributed by atoms with Crippen molar-refractivity contribution in [3.63, 3.8) is 0 Å². The Bertz CT molecular complexity index is 515. The van der Waals surface area contributed by atoms with Gasteiger partial charge in [-0.15, -0.1) is 5.10 Å². The van der Waals surface area contributed by atoms with Crippen LogP contribution in [-0.2, 0) is 9.59 Å². The van der Waals surface area contributed by atoms with E-state index in [1.807, 2.05) is 4.90 Å². The quantitative estimate of drug-likeness (QED) is 0.789. The Morgan fingerprint density at radius 1 is 1.13 bits per heavy atom. The van der Waals surface area contributed by atoms with Crippen LogP contribution in [-0.4, -0.2) is 53.8 Å². The molecule has 1 aliphatic carbocycles. The molecule has 2 heterocycles. The van der Waals surface area contributed by atoms with Crippen LogP contribution in [0.3, 0.4) is 0 Å². The summed E-state index contributed by atoms with van der Waals surface area (Å²) in [6.45, 7) is 1.44. The number of hydrogen-bond donors (Lipinski definition) is 2. The highest BCUT2D eigenvalue weighted by Crippen LogP contribution is 2.26. The lowest BCUT2D eigenvalue weighted by Gasteiger charge is -2.36. The molecule has 3 aliphatic rings. The maximum absolute atomic E-state index is 12.6. The van der Waals surface area contributed by atoms with Gasteiger partial charge in [0.25, 0.3) is 5.91 Å². The molecule has 3 N–H and O–H groups in total. The molecule has 23 heavy (non-hydrogen) atoms. The molecular formula is C16H25N5O2. The highest BCUT2D eigenvalue weighted by molar-refractivity contribution is 6.41. The van der Waals surface area contributed by atoms with Crippen LogP contribution in [0.1, 0.15) is 44.9 Å². The van der Waals surface area contributed by atoms with Crippen LogP contribution in [0.15, 0.2) is 10.2 Å². The smallest absolute Gasteiger partial charge is 0.268 e. The van der Waals surface area contributed by atoms with Crippen LogP contribution in [0.4, 0.5) is 0 Å². The molecule has 2 aliphatic heterocycles. The Labute approximate surface area is 136 Å². The normalized spacial score (nSPS) is 28.6. The first kappa shape index (κ1) is 16.1. The van der Waals surface area contributed by atoms with E-state index in [1.54, 1.807) is 6.21 Å². The van der Waals surface area contributed by atoms with Crippen LogP contribution < -0.4 is 11.1 Å². The minimum absolute atomic E-state index is 0.120. The topological polar surface area (TPSA) is 100 Å². The van der Waals surface area contributed by atoms with Crippen LogP contribution in [0.2, 0.25) is 0 Å². The summed E-state index contributed by atoms with van der Waals surface area (Å²) in [6.07, 6.45) is 7.47. The summed E-state index contributed by atoms with van der Waals surface area (Å²) in [7, 11) is 0. The van der Waals surface area contributed by atoms with E-state index in [0.717, 1.165) is 51.6 Å². The Hall–Kier alpha value is -1.76. The second kappa shape index (κ2) is 7.21. The summed E-state index contributed by atoms with van der Waals surface area (Å²) in [5, 5.41) is 10.5. The third-order valence-corrected chi connectivity index (χ3v) is 5.07. The summed E-state index contributed by atoms with van der Waals surface area (Å²) in [6, 6.07) is 0.386. The lowest BCUT2D eigenvalue weighted by Crippen LogP contribution is -2.49. The molecule has 0 unspecified atom stereocenters. The number of rotatable bonds is 3. The standard InChI is InChI=1S/C16H25N5O2/c17-12-3-1-11(2-4-12)16(23)21-9-6-13(7-10-21)19-15(22)14-5-8-18-20-14/h8,11-13H,1-7,9-10,17H2,(H,19,22). The van der Waals surface area contributed by atoms with Gasteiger partial charge in [-0.25, -0.2) is 0 Å². The number of carbonyl (C=O) groups is 2. The van der Waals surface area contributed by atoms with E-state index in [2.05, 4.69) is 15.5 Å². The molecule has 0 aromatic carbocycles. The van der Waals surface area contributed by atoms with Gasteiger partial charge < -0.3 is 16.0 Å². The van der Waals surface area contributed by atoms with Gasteiger partial charge in [0.1, 0.15) is 5.71 Å². The molecule has 126 valence electrons. The van der Waals surface area contributed by atoms with Crippen molar-refractivity contribution in [3.05, 3.63) is 0 Å². The van der Waals surface area contributed by atoms with Gasteiger partial charge in [0, 0.05) is 43.7 Å². The van der Waals surface area contributed by atoms with Gasteiger partial charge in [0.05, 0.1) is 0 Å². The Kier molecular flexibility index (Phi) is 5.05. The summed E-state index contributed by atoms with van der Waals surface area (Å²) in [5.41, 5.74) is 6.38. The molecule has 1 saturated carbocycles. The van der Waals surface area contributed by atoms with Crippen molar-refractivity contribution >= 4 is 23.7 Å². The molecule has 7 heteroatoms. The van der Waals surface area contributed by atoms with Crippen molar-refractivity contribution in [2.45, 2.75) is 57.0 Å². The van der Waals surface area contributed by atoms with E-state index in [4.69, 9.17) is 5.73 Å². The Morgan fingerprint density at radius 2 is 1.83 bits per heavy atom. The van der Waals surface area contributed by atoms with E-state index < -0.39 is 0 Å². The number of hydrogen-bond acceptors (Lipinski definition) is 5. The first-order valence-corrected chi connectivity index (χ1v) is 8.57. The average molecular weight is 319 g/mol. The lowest BCUT2D eigenvalue weighted by atomic mass is 9.85. The van der Waals surface area contributed by atoms with Crippen molar-refractivity contribution in [2.75, 3.05) is 13.1 Å². The van der Waals surface area contributed by atoms with Crippen molar-refractivity contribution in [3.8, 4) is 0 Å². The number of nitrogens with zero attached hydrogens (tertiary/aromatic N) is 3. The number of carbonyl (C=O) groups excluding carboxylic acids is 2. The van der Waals surface area contributed by atoms with Gasteiger partial charge in [-0.2, -0.15) is 5.10 Å². The van der Waals surface area contributed by atoms with E-state index in [9.17, 15) is 9.59 Å². The van der Waals surface area contributed by atoms with Crippen LogP contribution in [0.5, 0.6) is 0 Å². The van der Waals surface area contributed by atoms with E-state index in [1.165, 1.54) is 0 Å². The fourth-order valence-corrected chi connectivity index (χ4v) is 3.55. The van der Waals surface area contributed by atoms with Crippen LogP contribution in [0.25, 0.3) is 0 Å². The minimum atomic E-state index is -0.131. The molecule has 0 bridgehead atoms. The van der Waals surface area contributed by atoms with E-state index in [0.29, 0.717) is 12.1 Å². The van der Waals surface area contributed by atoms with Crippen molar-refractivity contribution in [1.82, 2.24) is 10.2 Å². The molecule has 0 atom stereocenters. The zero-order chi connectivity index (χ0) is 16.2. The molecular weight excluding hydrogens is 294 g/mol. The number of amides is 2. The number of likely N-dealkylation sites (tertiary alicyclic amines) is 1. The predicted molar refractivity (Wildman–Crippen MR) is 88.2 cm³/mol. The van der Waals surface area contributed by atoms with Gasteiger partial charge in [-0.05, 0) is 38.5 Å². The highest BCUT2D eigenvalue weighted by atomic mass is 16.2. The molecule has 2 fully saturated rings. The van der Waals surface area contributed by atoms with Gasteiger partial charge in [0.15, 0.2) is 0 Å². The summed E-state index contributed by atoms with van der Waals surface area (Å²) < 4.78 is 0. The number of piperidine rings is 1.